The number of benzene rings is 1. The van der Waals surface area contributed by atoms with Crippen molar-refractivity contribution in [1.29, 1.82) is 0 Å². The van der Waals surface area contributed by atoms with Crippen LogP contribution in [0.1, 0.15) is 18.4 Å². The van der Waals surface area contributed by atoms with Gasteiger partial charge in [0.05, 0.1) is 25.6 Å². The Hall–Kier alpha value is -0.670. The number of rotatable bonds is 1. The number of fused-ring (bicyclic) bond motifs is 3. The van der Waals surface area contributed by atoms with E-state index in [1.165, 1.54) is 5.56 Å². The number of hydrogen-bond donors (Lipinski definition) is 0. The van der Waals surface area contributed by atoms with Crippen LogP contribution < -0.4 is 17.0 Å². The van der Waals surface area contributed by atoms with E-state index in [-0.39, 0.29) is 22.4 Å². The Labute approximate surface area is 113 Å². The van der Waals surface area contributed by atoms with Crippen molar-refractivity contribution in [3.05, 3.63) is 35.9 Å². The molecule has 0 atom stereocenters. The average molecular weight is 296 g/mol. The highest BCUT2D eigenvalue weighted by atomic mass is 79.9. The van der Waals surface area contributed by atoms with E-state index in [0.717, 1.165) is 37.0 Å². The Morgan fingerprint density at radius 1 is 1.12 bits per heavy atom. The summed E-state index contributed by atoms with van der Waals surface area (Å²) < 4.78 is 0.966. The highest BCUT2D eigenvalue weighted by Crippen LogP contribution is 2.42. The van der Waals surface area contributed by atoms with Crippen molar-refractivity contribution in [2.24, 2.45) is 0 Å². The lowest BCUT2D eigenvalue weighted by Gasteiger charge is -2.51. The molecule has 0 N–H and O–H groups in total. The van der Waals surface area contributed by atoms with Crippen LogP contribution in [0.15, 0.2) is 30.3 Å². The summed E-state index contributed by atoms with van der Waals surface area (Å²) in [6.45, 7) is 3.04. The van der Waals surface area contributed by atoms with Crippen molar-refractivity contribution in [2.75, 3.05) is 26.7 Å². The second-order valence-corrected chi connectivity index (χ2v) is 5.60. The molecule has 0 aromatic heterocycles. The fraction of sp³-hybridized carbons (Fsp3) is 0.500. The lowest BCUT2D eigenvalue weighted by atomic mass is 9.66. The Balaban J connectivity index is 0.00000108. The number of Topliss-reactive ketones (excluding diaryl/α,β-unsaturated/α-hetero) is 1. The molecule has 0 radical (unpaired) electrons. The summed E-state index contributed by atoms with van der Waals surface area (Å²) in [7, 11) is 2.21. The van der Waals surface area contributed by atoms with Gasteiger partial charge in [0.2, 0.25) is 0 Å². The van der Waals surface area contributed by atoms with Gasteiger partial charge in [-0.25, -0.2) is 0 Å². The number of nitrogens with zero attached hydrogens (tertiary/aromatic N) is 1. The molecule has 0 saturated carbocycles. The summed E-state index contributed by atoms with van der Waals surface area (Å²) in [5.74, 6) is 0.457. The van der Waals surface area contributed by atoms with Gasteiger partial charge in [-0.15, -0.1) is 0 Å². The number of quaternary nitrogens is 1. The van der Waals surface area contributed by atoms with Crippen molar-refractivity contribution >= 4 is 5.78 Å². The summed E-state index contributed by atoms with van der Waals surface area (Å²) in [5, 5.41) is 0. The Kier molecular flexibility index (Phi) is 3.17. The molecule has 3 aliphatic heterocycles. The van der Waals surface area contributed by atoms with Crippen LogP contribution in [0.25, 0.3) is 0 Å². The van der Waals surface area contributed by atoms with Gasteiger partial charge in [0.1, 0.15) is 6.54 Å². The number of likely N-dealkylation sites (N-methyl/N-ethyl adjacent to an activating group) is 1. The minimum atomic E-state index is -0.142. The van der Waals surface area contributed by atoms with E-state index in [4.69, 9.17) is 0 Å². The van der Waals surface area contributed by atoms with Gasteiger partial charge in [0.25, 0.3) is 0 Å². The zero-order chi connectivity index (χ0) is 11.2. The first kappa shape index (κ1) is 12.8. The fourth-order valence-electron chi connectivity index (χ4n) is 3.30. The highest BCUT2D eigenvalue weighted by Gasteiger charge is 2.53. The first-order valence-corrected chi connectivity index (χ1v) is 6.07. The molecule has 0 unspecified atom stereocenters. The van der Waals surface area contributed by atoms with E-state index in [2.05, 4.69) is 31.3 Å². The summed E-state index contributed by atoms with van der Waals surface area (Å²) in [4.78, 5) is 12.4. The monoisotopic (exact) mass is 295 g/mol. The third-order valence-electron chi connectivity index (χ3n) is 4.54. The molecule has 4 rings (SSSR count). The molecule has 0 aliphatic carbocycles. The molecule has 3 heteroatoms. The van der Waals surface area contributed by atoms with Crippen LogP contribution in [-0.2, 0) is 10.2 Å². The van der Waals surface area contributed by atoms with E-state index in [1.807, 2.05) is 6.07 Å². The molecule has 0 spiro atoms. The Bertz CT molecular complexity index is 421. The van der Waals surface area contributed by atoms with Gasteiger partial charge in [0, 0.05) is 12.8 Å². The maximum absolute atomic E-state index is 12.4. The van der Waals surface area contributed by atoms with Gasteiger partial charge in [-0.1, -0.05) is 30.3 Å². The normalized spacial score (nSPS) is 35.5. The smallest absolute Gasteiger partial charge is 0.197 e. The van der Waals surface area contributed by atoms with Gasteiger partial charge >= 0.3 is 0 Å². The highest BCUT2D eigenvalue weighted by molar-refractivity contribution is 5.92. The maximum atomic E-state index is 12.4. The summed E-state index contributed by atoms with van der Waals surface area (Å²) in [6, 6.07) is 10.4. The Morgan fingerprint density at radius 3 is 2.24 bits per heavy atom. The van der Waals surface area contributed by atoms with Gasteiger partial charge in [-0.3, -0.25) is 4.79 Å². The molecule has 2 nitrogen and oxygen atoms in total. The number of hydrogen-bond acceptors (Lipinski definition) is 1. The van der Waals surface area contributed by atoms with Crippen LogP contribution in [0.4, 0.5) is 0 Å². The second-order valence-electron chi connectivity index (χ2n) is 5.60. The predicted octanol–water partition coefficient (Wildman–Crippen LogP) is -1.25. The van der Waals surface area contributed by atoms with Gasteiger partial charge in [0.15, 0.2) is 5.78 Å². The molecule has 3 saturated heterocycles. The van der Waals surface area contributed by atoms with Crippen LogP contribution in [0.3, 0.4) is 0 Å². The topological polar surface area (TPSA) is 17.1 Å². The van der Waals surface area contributed by atoms with Gasteiger partial charge < -0.3 is 21.5 Å². The third-order valence-corrected chi connectivity index (χ3v) is 4.54. The van der Waals surface area contributed by atoms with E-state index in [1.54, 1.807) is 0 Å². The first-order chi connectivity index (χ1) is 7.65. The second kappa shape index (κ2) is 4.21. The lowest BCUT2D eigenvalue weighted by molar-refractivity contribution is -0.913. The maximum Gasteiger partial charge on any atom is 0.197 e. The first-order valence-electron chi connectivity index (χ1n) is 6.07. The zero-order valence-electron chi connectivity index (χ0n) is 10.2. The zero-order valence-corrected chi connectivity index (χ0v) is 11.7. The molecular weight excluding hydrogens is 278 g/mol. The van der Waals surface area contributed by atoms with Crippen LogP contribution in [-0.4, -0.2) is 36.9 Å². The Morgan fingerprint density at radius 2 is 1.71 bits per heavy atom. The molecule has 92 valence electrons. The van der Waals surface area contributed by atoms with Crippen molar-refractivity contribution < 1.29 is 26.3 Å². The molecule has 3 fully saturated rings. The molecule has 2 bridgehead atoms. The van der Waals surface area contributed by atoms with Gasteiger partial charge in [-0.05, 0) is 5.56 Å². The van der Waals surface area contributed by atoms with Crippen molar-refractivity contribution in [3.63, 3.8) is 0 Å². The lowest BCUT2D eigenvalue weighted by Crippen LogP contribution is -3.00. The molecule has 1 aromatic rings. The van der Waals surface area contributed by atoms with Crippen LogP contribution in [0.5, 0.6) is 0 Å². The number of carbonyl (C=O) groups is 1. The van der Waals surface area contributed by atoms with E-state index in [0.29, 0.717) is 5.78 Å². The predicted molar refractivity (Wildman–Crippen MR) is 63.1 cm³/mol. The molecule has 1 aromatic carbocycles. The van der Waals surface area contributed by atoms with Gasteiger partial charge in [-0.2, -0.15) is 0 Å². The molecule has 3 aliphatic rings. The minimum absolute atomic E-state index is 0. The van der Waals surface area contributed by atoms with Crippen LogP contribution >= 0.6 is 0 Å². The minimum Gasteiger partial charge on any atom is -1.00 e. The number of piperidine rings is 3. The third kappa shape index (κ3) is 1.85. The van der Waals surface area contributed by atoms with Crippen LogP contribution in [0.2, 0.25) is 0 Å². The SMILES string of the molecule is C[N+]12CCC(c3ccccc3)(CC1)C(=O)C2.[Br-]. The molecular formula is C14H18BrNO. The fourth-order valence-corrected chi connectivity index (χ4v) is 3.30. The van der Waals surface area contributed by atoms with Crippen molar-refractivity contribution in [1.82, 2.24) is 0 Å². The van der Waals surface area contributed by atoms with E-state index in [9.17, 15) is 4.79 Å². The number of carbonyl (C=O) groups excluding carboxylic acids is 1. The van der Waals surface area contributed by atoms with Crippen LogP contribution in [0, 0.1) is 0 Å². The van der Waals surface area contributed by atoms with E-state index >= 15 is 0 Å². The summed E-state index contributed by atoms with van der Waals surface area (Å²) >= 11 is 0. The standard InChI is InChI=1S/C14H18NO.BrH/c1-15-9-7-14(8-10-15,13(16)11-15)12-5-3-2-4-6-12;/h2-6H,7-11H2,1H3;1H/q+1;/p-1. The van der Waals surface area contributed by atoms with E-state index < -0.39 is 0 Å². The molecule has 0 amide bonds. The number of ketones is 1. The summed E-state index contributed by atoms with van der Waals surface area (Å²) in [5.41, 5.74) is 1.10. The van der Waals surface area contributed by atoms with Crippen molar-refractivity contribution in [2.45, 2.75) is 18.3 Å². The summed E-state index contributed by atoms with van der Waals surface area (Å²) in [6.07, 6.45) is 2.07. The molecule has 17 heavy (non-hydrogen) atoms. The largest absolute Gasteiger partial charge is 1.00 e. The van der Waals surface area contributed by atoms with Crippen molar-refractivity contribution in [3.8, 4) is 0 Å². The number of halogens is 1. The quantitative estimate of drug-likeness (QED) is 0.592. The average Bonchev–Trinajstić information content (AvgIpc) is 2.30. The molecule has 3 heterocycles.